The largest absolute Gasteiger partial charge is 0.374 e. The molecule has 0 bridgehead atoms. The quantitative estimate of drug-likeness (QED) is 0.628. The first kappa shape index (κ1) is 9.22. The molecule has 2 nitrogen and oxygen atoms in total. The van der Waals surface area contributed by atoms with Gasteiger partial charge in [-0.1, -0.05) is 11.6 Å². The highest BCUT2D eigenvalue weighted by Crippen LogP contribution is 2.25. The summed E-state index contributed by atoms with van der Waals surface area (Å²) in [5, 5.41) is 0. The molecule has 2 heteroatoms. The third-order valence-electron chi connectivity index (χ3n) is 2.98. The first-order chi connectivity index (χ1) is 6.34. The molecule has 0 aromatic rings. The van der Waals surface area contributed by atoms with Gasteiger partial charge in [-0.25, -0.2) is 0 Å². The molecule has 2 N–H and O–H groups in total. The maximum atomic E-state index is 5.92. The molecule has 2 rings (SSSR count). The summed E-state index contributed by atoms with van der Waals surface area (Å²) in [6.07, 6.45) is 9.96. The highest BCUT2D eigenvalue weighted by Gasteiger charge is 2.17. The van der Waals surface area contributed by atoms with Gasteiger partial charge in [0.25, 0.3) is 0 Å². The number of nitrogens with two attached hydrogens (primary N) is 1. The van der Waals surface area contributed by atoms with Crippen molar-refractivity contribution in [1.29, 1.82) is 0 Å². The molecule has 74 valence electrons. The van der Waals surface area contributed by atoms with Gasteiger partial charge in [0.15, 0.2) is 0 Å². The highest BCUT2D eigenvalue weighted by molar-refractivity contribution is 5.10. The minimum Gasteiger partial charge on any atom is -0.374 e. The van der Waals surface area contributed by atoms with E-state index in [1.54, 1.807) is 0 Å². The van der Waals surface area contributed by atoms with Crippen LogP contribution in [0.3, 0.4) is 0 Å². The normalized spacial score (nSPS) is 38.4. The summed E-state index contributed by atoms with van der Waals surface area (Å²) < 4.78 is 5.57. The van der Waals surface area contributed by atoms with E-state index in [-0.39, 0.29) is 0 Å². The van der Waals surface area contributed by atoms with E-state index in [0.717, 1.165) is 13.0 Å². The van der Waals surface area contributed by atoms with Gasteiger partial charge in [0.05, 0.1) is 6.10 Å². The van der Waals surface area contributed by atoms with E-state index in [1.807, 2.05) is 0 Å². The zero-order valence-corrected chi connectivity index (χ0v) is 8.17. The van der Waals surface area contributed by atoms with E-state index in [2.05, 4.69) is 6.08 Å². The minimum atomic E-state index is 0.403. The first-order valence-corrected chi connectivity index (χ1v) is 5.41. The van der Waals surface area contributed by atoms with E-state index < -0.39 is 0 Å². The summed E-state index contributed by atoms with van der Waals surface area (Å²) in [5.41, 5.74) is 7.45. The van der Waals surface area contributed by atoms with Crippen molar-refractivity contribution in [3.8, 4) is 0 Å². The Morgan fingerprint density at radius 3 is 2.92 bits per heavy atom. The predicted octanol–water partition coefficient (Wildman–Crippen LogP) is 1.99. The van der Waals surface area contributed by atoms with Gasteiger partial charge in [-0.15, -0.1) is 0 Å². The lowest BCUT2D eigenvalue weighted by molar-refractivity contribution is 0.144. The third-order valence-corrected chi connectivity index (χ3v) is 2.98. The Hall–Kier alpha value is -0.340. The maximum Gasteiger partial charge on any atom is 0.0759 e. The van der Waals surface area contributed by atoms with E-state index in [4.69, 9.17) is 10.5 Å². The number of rotatable bonds is 1. The summed E-state index contributed by atoms with van der Waals surface area (Å²) >= 11 is 0. The molecule has 1 aliphatic heterocycles. The molecule has 2 aliphatic rings. The fraction of sp³-hybridized carbons (Fsp3) is 0.818. The standard InChI is InChI=1S/C11H19NO/c12-10-4-1-3-9(7-10)8-11-5-2-6-13-11/h8,10-11H,1-7,12H2/b9-8-. The molecule has 0 radical (unpaired) electrons. The minimum absolute atomic E-state index is 0.403. The van der Waals surface area contributed by atoms with Crippen molar-refractivity contribution in [2.75, 3.05) is 6.61 Å². The van der Waals surface area contributed by atoms with Gasteiger partial charge in [-0.2, -0.15) is 0 Å². The molecule has 2 unspecified atom stereocenters. The van der Waals surface area contributed by atoms with Crippen LogP contribution in [0.2, 0.25) is 0 Å². The van der Waals surface area contributed by atoms with Crippen molar-refractivity contribution in [1.82, 2.24) is 0 Å². The lowest BCUT2D eigenvalue weighted by Crippen LogP contribution is -2.24. The Kier molecular flexibility index (Phi) is 3.01. The van der Waals surface area contributed by atoms with Gasteiger partial charge in [-0.3, -0.25) is 0 Å². The van der Waals surface area contributed by atoms with Crippen LogP contribution in [0.4, 0.5) is 0 Å². The summed E-state index contributed by atoms with van der Waals surface area (Å²) in [4.78, 5) is 0. The van der Waals surface area contributed by atoms with Crippen LogP contribution in [0.5, 0.6) is 0 Å². The van der Waals surface area contributed by atoms with Crippen molar-refractivity contribution < 1.29 is 4.74 Å². The lowest BCUT2D eigenvalue weighted by atomic mass is 9.90. The molecular formula is C11H19NO. The van der Waals surface area contributed by atoms with Crippen LogP contribution >= 0.6 is 0 Å². The smallest absolute Gasteiger partial charge is 0.0759 e. The van der Waals surface area contributed by atoms with E-state index >= 15 is 0 Å². The van der Waals surface area contributed by atoms with Crippen molar-refractivity contribution >= 4 is 0 Å². The zero-order chi connectivity index (χ0) is 9.10. The fourth-order valence-corrected chi connectivity index (χ4v) is 2.28. The van der Waals surface area contributed by atoms with Crippen LogP contribution in [0.1, 0.15) is 38.5 Å². The lowest BCUT2D eigenvalue weighted by Gasteiger charge is -2.21. The predicted molar refractivity (Wildman–Crippen MR) is 53.5 cm³/mol. The Morgan fingerprint density at radius 1 is 1.31 bits per heavy atom. The Labute approximate surface area is 80.1 Å². The zero-order valence-electron chi connectivity index (χ0n) is 8.17. The van der Waals surface area contributed by atoms with Crippen LogP contribution in [-0.2, 0) is 4.74 Å². The topological polar surface area (TPSA) is 35.2 Å². The Bertz CT molecular complexity index is 194. The van der Waals surface area contributed by atoms with Crippen LogP contribution in [0.15, 0.2) is 11.6 Å². The summed E-state index contributed by atoms with van der Waals surface area (Å²) in [7, 11) is 0. The summed E-state index contributed by atoms with van der Waals surface area (Å²) in [6.45, 7) is 0.945. The molecule has 2 fully saturated rings. The first-order valence-electron chi connectivity index (χ1n) is 5.41. The Balaban J connectivity index is 1.90. The fourth-order valence-electron chi connectivity index (χ4n) is 2.28. The van der Waals surface area contributed by atoms with Gasteiger partial charge < -0.3 is 10.5 Å². The molecule has 1 saturated heterocycles. The van der Waals surface area contributed by atoms with Crippen molar-refractivity contribution in [3.05, 3.63) is 11.6 Å². The number of hydrogen-bond acceptors (Lipinski definition) is 2. The molecule has 0 aromatic carbocycles. The van der Waals surface area contributed by atoms with Crippen LogP contribution < -0.4 is 5.73 Å². The second-order valence-corrected chi connectivity index (χ2v) is 4.23. The molecule has 0 spiro atoms. The number of ether oxygens (including phenoxy) is 1. The van der Waals surface area contributed by atoms with Gasteiger partial charge >= 0.3 is 0 Å². The summed E-state index contributed by atoms with van der Waals surface area (Å²) in [6, 6.07) is 0.404. The van der Waals surface area contributed by atoms with Crippen molar-refractivity contribution in [2.45, 2.75) is 50.7 Å². The highest BCUT2D eigenvalue weighted by atomic mass is 16.5. The van der Waals surface area contributed by atoms with Crippen molar-refractivity contribution in [3.63, 3.8) is 0 Å². The molecule has 0 amide bonds. The second-order valence-electron chi connectivity index (χ2n) is 4.23. The van der Waals surface area contributed by atoms with Crippen LogP contribution in [-0.4, -0.2) is 18.8 Å². The maximum absolute atomic E-state index is 5.92. The SMILES string of the molecule is NC1CCC/C(=C/C2CCCO2)C1. The van der Waals surface area contributed by atoms with E-state index in [0.29, 0.717) is 12.1 Å². The van der Waals surface area contributed by atoms with Crippen molar-refractivity contribution in [2.24, 2.45) is 5.73 Å². The average Bonchev–Trinajstić information content (AvgIpc) is 2.57. The summed E-state index contributed by atoms with van der Waals surface area (Å²) in [5.74, 6) is 0. The number of hydrogen-bond donors (Lipinski definition) is 1. The molecule has 1 saturated carbocycles. The molecule has 1 heterocycles. The average molecular weight is 181 g/mol. The monoisotopic (exact) mass is 181 g/mol. The molecule has 2 atom stereocenters. The van der Waals surface area contributed by atoms with E-state index in [1.165, 1.54) is 37.7 Å². The molecule has 13 heavy (non-hydrogen) atoms. The van der Waals surface area contributed by atoms with Gasteiger partial charge in [0.1, 0.15) is 0 Å². The van der Waals surface area contributed by atoms with E-state index in [9.17, 15) is 0 Å². The van der Waals surface area contributed by atoms with Gasteiger partial charge in [-0.05, 0) is 38.5 Å². The van der Waals surface area contributed by atoms with Crippen LogP contribution in [0.25, 0.3) is 0 Å². The molecule has 1 aliphatic carbocycles. The molecular weight excluding hydrogens is 162 g/mol. The Morgan fingerprint density at radius 2 is 2.23 bits per heavy atom. The third kappa shape index (κ3) is 2.55. The van der Waals surface area contributed by atoms with Gasteiger partial charge in [0, 0.05) is 12.6 Å². The second kappa shape index (κ2) is 4.25. The molecule has 0 aromatic heterocycles. The van der Waals surface area contributed by atoms with Gasteiger partial charge in [0.2, 0.25) is 0 Å². The van der Waals surface area contributed by atoms with Crippen LogP contribution in [0, 0.1) is 0 Å².